The number of nitrogens with two attached hydrogens (primary N) is 1. The van der Waals surface area contributed by atoms with Gasteiger partial charge in [0.15, 0.2) is 5.82 Å². The summed E-state index contributed by atoms with van der Waals surface area (Å²) < 4.78 is 4.65. The number of pyridine rings is 1. The monoisotopic (exact) mass is 223 g/mol. The van der Waals surface area contributed by atoms with Crippen molar-refractivity contribution in [3.05, 3.63) is 17.8 Å². The van der Waals surface area contributed by atoms with E-state index in [1.54, 1.807) is 12.3 Å². The average molecular weight is 223 g/mol. The minimum atomic E-state index is -0.446. The molecule has 2 N–H and O–H groups in total. The molecule has 0 radical (unpaired) electrons. The molecule has 1 rings (SSSR count). The number of nitrogens with zero attached hydrogens (tertiary/aromatic N) is 2. The van der Waals surface area contributed by atoms with E-state index < -0.39 is 5.97 Å². The Kier molecular flexibility index (Phi) is 3.71. The molecule has 0 saturated heterocycles. The fourth-order valence-electron chi connectivity index (χ4n) is 1.28. The van der Waals surface area contributed by atoms with E-state index >= 15 is 0 Å². The van der Waals surface area contributed by atoms with Crippen molar-refractivity contribution in [2.75, 3.05) is 24.8 Å². The third-order valence-electron chi connectivity index (χ3n) is 2.48. The summed E-state index contributed by atoms with van der Waals surface area (Å²) in [6, 6.07) is 1.81. The van der Waals surface area contributed by atoms with Gasteiger partial charge in [0, 0.05) is 19.3 Å². The lowest BCUT2D eigenvalue weighted by atomic mass is 10.2. The van der Waals surface area contributed by atoms with Crippen LogP contribution in [-0.4, -0.2) is 31.2 Å². The van der Waals surface area contributed by atoms with Gasteiger partial charge in [-0.15, -0.1) is 0 Å². The van der Waals surface area contributed by atoms with Crippen molar-refractivity contribution < 1.29 is 9.53 Å². The first-order chi connectivity index (χ1) is 7.49. The van der Waals surface area contributed by atoms with Gasteiger partial charge in [0.05, 0.1) is 18.4 Å². The average Bonchev–Trinajstić information content (AvgIpc) is 2.27. The molecular formula is C11H17N3O2. The molecule has 0 atom stereocenters. The SMILES string of the molecule is COC(=O)c1ccnc(N(C)C(C)C)c1N. The summed E-state index contributed by atoms with van der Waals surface area (Å²) in [6.07, 6.45) is 1.55. The maximum absolute atomic E-state index is 11.4. The fourth-order valence-corrected chi connectivity index (χ4v) is 1.28. The molecule has 1 aromatic heterocycles. The number of carbonyl (C=O) groups is 1. The molecule has 0 amide bonds. The van der Waals surface area contributed by atoms with Gasteiger partial charge in [0.1, 0.15) is 0 Å². The van der Waals surface area contributed by atoms with Crippen LogP contribution >= 0.6 is 0 Å². The molecule has 1 aromatic rings. The minimum Gasteiger partial charge on any atom is -0.465 e. The lowest BCUT2D eigenvalue weighted by Crippen LogP contribution is -2.28. The van der Waals surface area contributed by atoms with E-state index in [1.807, 2.05) is 25.8 Å². The van der Waals surface area contributed by atoms with Crippen LogP contribution in [0.4, 0.5) is 11.5 Å². The second-order valence-electron chi connectivity index (χ2n) is 3.79. The maximum atomic E-state index is 11.4. The van der Waals surface area contributed by atoms with Crippen LogP contribution in [0.25, 0.3) is 0 Å². The second kappa shape index (κ2) is 4.83. The van der Waals surface area contributed by atoms with Crippen LogP contribution in [0.15, 0.2) is 12.3 Å². The van der Waals surface area contributed by atoms with Crippen molar-refractivity contribution in [2.24, 2.45) is 0 Å². The molecule has 88 valence electrons. The zero-order valence-corrected chi connectivity index (χ0v) is 10.0. The third kappa shape index (κ3) is 2.24. The number of hydrogen-bond donors (Lipinski definition) is 1. The third-order valence-corrected chi connectivity index (χ3v) is 2.48. The van der Waals surface area contributed by atoms with Crippen LogP contribution in [0.3, 0.4) is 0 Å². The molecule has 0 bridgehead atoms. The quantitative estimate of drug-likeness (QED) is 0.782. The van der Waals surface area contributed by atoms with Gasteiger partial charge < -0.3 is 15.4 Å². The first-order valence-electron chi connectivity index (χ1n) is 5.04. The zero-order valence-electron chi connectivity index (χ0n) is 10.0. The number of ether oxygens (including phenoxy) is 1. The summed E-state index contributed by atoms with van der Waals surface area (Å²) in [7, 11) is 3.21. The number of methoxy groups -OCH3 is 1. The second-order valence-corrected chi connectivity index (χ2v) is 3.79. The van der Waals surface area contributed by atoms with Crippen LogP contribution in [0.1, 0.15) is 24.2 Å². The largest absolute Gasteiger partial charge is 0.465 e. The highest BCUT2D eigenvalue weighted by Gasteiger charge is 2.17. The van der Waals surface area contributed by atoms with E-state index in [-0.39, 0.29) is 6.04 Å². The molecule has 0 aliphatic rings. The van der Waals surface area contributed by atoms with Gasteiger partial charge in [-0.05, 0) is 19.9 Å². The Morgan fingerprint density at radius 1 is 1.56 bits per heavy atom. The van der Waals surface area contributed by atoms with E-state index in [9.17, 15) is 4.79 Å². The van der Waals surface area contributed by atoms with Gasteiger partial charge in [-0.2, -0.15) is 0 Å². The molecule has 0 aliphatic heterocycles. The molecule has 0 fully saturated rings. The standard InChI is InChI=1S/C11H17N3O2/c1-7(2)14(3)10-9(12)8(5-6-13-10)11(15)16-4/h5-7H,12H2,1-4H3. The van der Waals surface area contributed by atoms with Gasteiger partial charge in [-0.3, -0.25) is 0 Å². The van der Waals surface area contributed by atoms with Crippen molar-refractivity contribution in [1.29, 1.82) is 0 Å². The van der Waals surface area contributed by atoms with Crippen LogP contribution in [-0.2, 0) is 4.74 Å². The van der Waals surface area contributed by atoms with Crippen LogP contribution in [0.2, 0.25) is 0 Å². The summed E-state index contributed by atoms with van der Waals surface area (Å²) in [6.45, 7) is 4.04. The van der Waals surface area contributed by atoms with Crippen LogP contribution in [0, 0.1) is 0 Å². The Labute approximate surface area is 95.2 Å². The highest BCUT2D eigenvalue weighted by molar-refractivity contribution is 5.97. The molecule has 1 heterocycles. The predicted octanol–water partition coefficient (Wildman–Crippen LogP) is 1.29. The van der Waals surface area contributed by atoms with Crippen LogP contribution in [0.5, 0.6) is 0 Å². The number of nitrogen functional groups attached to an aromatic ring is 1. The van der Waals surface area contributed by atoms with Gasteiger partial charge in [-0.1, -0.05) is 0 Å². The molecule has 0 aliphatic carbocycles. The van der Waals surface area contributed by atoms with Crippen molar-refractivity contribution in [1.82, 2.24) is 4.98 Å². The molecule has 5 heteroatoms. The van der Waals surface area contributed by atoms with Gasteiger partial charge in [-0.25, -0.2) is 9.78 Å². The number of hydrogen-bond acceptors (Lipinski definition) is 5. The highest BCUT2D eigenvalue weighted by Crippen LogP contribution is 2.24. The molecule has 0 saturated carbocycles. The Balaban J connectivity index is 3.18. The molecule has 0 spiro atoms. The number of aromatic nitrogens is 1. The van der Waals surface area contributed by atoms with Crippen molar-refractivity contribution in [2.45, 2.75) is 19.9 Å². The van der Waals surface area contributed by atoms with Gasteiger partial charge >= 0.3 is 5.97 Å². The number of esters is 1. The lowest BCUT2D eigenvalue weighted by Gasteiger charge is -2.24. The van der Waals surface area contributed by atoms with E-state index in [0.717, 1.165) is 0 Å². The van der Waals surface area contributed by atoms with Crippen LogP contribution < -0.4 is 10.6 Å². The summed E-state index contributed by atoms with van der Waals surface area (Å²) in [5.41, 5.74) is 6.59. The lowest BCUT2D eigenvalue weighted by molar-refractivity contribution is 0.0602. The smallest absolute Gasteiger partial charge is 0.340 e. The topological polar surface area (TPSA) is 68.5 Å². The summed E-state index contributed by atoms with van der Waals surface area (Å²) in [4.78, 5) is 17.5. The number of rotatable bonds is 3. The minimum absolute atomic E-state index is 0.252. The number of carbonyl (C=O) groups excluding carboxylic acids is 1. The van der Waals surface area contributed by atoms with Crippen molar-refractivity contribution in [3.8, 4) is 0 Å². The number of anilines is 2. The Bertz CT molecular complexity index is 391. The molecule has 0 aromatic carbocycles. The highest BCUT2D eigenvalue weighted by atomic mass is 16.5. The van der Waals surface area contributed by atoms with E-state index in [2.05, 4.69) is 9.72 Å². The maximum Gasteiger partial charge on any atom is 0.340 e. The fraction of sp³-hybridized carbons (Fsp3) is 0.455. The predicted molar refractivity (Wildman–Crippen MR) is 63.5 cm³/mol. The van der Waals surface area contributed by atoms with Gasteiger partial charge in [0.25, 0.3) is 0 Å². The summed E-state index contributed by atoms with van der Waals surface area (Å²) in [5, 5.41) is 0. The molecule has 0 unspecified atom stereocenters. The molecule has 16 heavy (non-hydrogen) atoms. The summed E-state index contributed by atoms with van der Waals surface area (Å²) in [5.74, 6) is 0.149. The Morgan fingerprint density at radius 3 is 2.69 bits per heavy atom. The molecule has 5 nitrogen and oxygen atoms in total. The first-order valence-corrected chi connectivity index (χ1v) is 5.04. The van der Waals surface area contributed by atoms with E-state index in [4.69, 9.17) is 5.73 Å². The Morgan fingerprint density at radius 2 is 2.19 bits per heavy atom. The normalized spacial score (nSPS) is 10.3. The summed E-state index contributed by atoms with van der Waals surface area (Å²) >= 11 is 0. The van der Waals surface area contributed by atoms with Gasteiger partial charge in [0.2, 0.25) is 0 Å². The Hall–Kier alpha value is -1.78. The first kappa shape index (κ1) is 12.3. The van der Waals surface area contributed by atoms with Crippen molar-refractivity contribution >= 4 is 17.5 Å². The van der Waals surface area contributed by atoms with Crippen molar-refractivity contribution in [3.63, 3.8) is 0 Å². The van der Waals surface area contributed by atoms with E-state index in [1.165, 1.54) is 7.11 Å². The van der Waals surface area contributed by atoms with E-state index in [0.29, 0.717) is 17.1 Å². The zero-order chi connectivity index (χ0) is 12.3. The molecular weight excluding hydrogens is 206 g/mol.